The quantitative estimate of drug-likeness (QED) is 0.131. The van der Waals surface area contributed by atoms with Crippen LogP contribution in [0, 0.1) is 3.57 Å². The molecule has 1 fully saturated rings. The van der Waals surface area contributed by atoms with Crippen LogP contribution in [0.25, 0.3) is 0 Å². The summed E-state index contributed by atoms with van der Waals surface area (Å²) in [5.41, 5.74) is -1.62. The average Bonchev–Trinajstić information content (AvgIpc) is 3.36. The number of carbonyl (C=O) groups is 2. The van der Waals surface area contributed by atoms with Crippen LogP contribution in [-0.4, -0.2) is 46.4 Å². The van der Waals surface area contributed by atoms with Crippen molar-refractivity contribution < 1.29 is 51.6 Å². The zero-order chi connectivity index (χ0) is 33.8. The van der Waals surface area contributed by atoms with E-state index in [-0.39, 0.29) is 14.7 Å². The number of nitrogens with one attached hydrogen (secondary N) is 1. The average molecular weight is 796 g/mol. The summed E-state index contributed by atoms with van der Waals surface area (Å²) in [4.78, 5) is 78.5. The van der Waals surface area contributed by atoms with Gasteiger partial charge in [-0.15, -0.1) is 0 Å². The first-order valence-corrected chi connectivity index (χ1v) is 17.6. The number of phosphoric acid groups is 1. The maximum absolute atomic E-state index is 13.2. The Morgan fingerprint density at radius 2 is 1.38 bits per heavy atom. The van der Waals surface area contributed by atoms with Gasteiger partial charge in [-0.2, -0.15) is 0 Å². The van der Waals surface area contributed by atoms with E-state index in [4.69, 9.17) is 18.7 Å². The SMILES string of the molecule is O=C(OC1[C@@H](OC(=O)c2ccccc2)[C@@H](COP(=O)([O-])OP(=O)([O-])c2ccccc2I)O[C@H]1n1ccc(=O)[nH]c1=O)c1ccccc1. The lowest BCUT2D eigenvalue weighted by Crippen LogP contribution is -2.43. The fourth-order valence-electron chi connectivity index (χ4n) is 4.53. The number of phosphoric ester groups is 1. The summed E-state index contributed by atoms with van der Waals surface area (Å²) in [6.07, 6.45) is -5.44. The van der Waals surface area contributed by atoms with Gasteiger partial charge < -0.3 is 33.1 Å². The van der Waals surface area contributed by atoms with Crippen LogP contribution in [-0.2, 0) is 32.2 Å². The van der Waals surface area contributed by atoms with Gasteiger partial charge in [0.2, 0.25) is 0 Å². The Balaban J connectivity index is 1.48. The lowest BCUT2D eigenvalue weighted by molar-refractivity contribution is -0.232. The Labute approximate surface area is 279 Å². The predicted octanol–water partition coefficient (Wildman–Crippen LogP) is 1.87. The number of esters is 2. The van der Waals surface area contributed by atoms with Gasteiger partial charge in [-0.3, -0.25) is 23.2 Å². The summed E-state index contributed by atoms with van der Waals surface area (Å²) in [5, 5.41) is -0.405. The molecule has 18 heteroatoms. The number of halogens is 1. The summed E-state index contributed by atoms with van der Waals surface area (Å²) in [5.74, 6) is -1.87. The van der Waals surface area contributed by atoms with Gasteiger partial charge in [-0.05, 0) is 59.0 Å². The molecule has 0 radical (unpaired) electrons. The van der Waals surface area contributed by atoms with Crippen molar-refractivity contribution >= 4 is 55.3 Å². The van der Waals surface area contributed by atoms with Crippen LogP contribution in [0.3, 0.4) is 0 Å². The second-order valence-corrected chi connectivity index (χ2v) is 14.3. The minimum Gasteiger partial charge on any atom is -0.775 e. The smallest absolute Gasteiger partial charge is 0.338 e. The molecule has 47 heavy (non-hydrogen) atoms. The van der Waals surface area contributed by atoms with Gasteiger partial charge >= 0.3 is 17.6 Å². The van der Waals surface area contributed by atoms with Gasteiger partial charge in [0.1, 0.15) is 6.10 Å². The first-order chi connectivity index (χ1) is 22.3. The Kier molecular flexibility index (Phi) is 10.7. The van der Waals surface area contributed by atoms with Gasteiger partial charge in [0.25, 0.3) is 13.4 Å². The molecule has 3 aromatic carbocycles. The van der Waals surface area contributed by atoms with Gasteiger partial charge in [0.15, 0.2) is 26.0 Å². The minimum absolute atomic E-state index is 0.0625. The Bertz CT molecular complexity index is 1970. The Morgan fingerprint density at radius 1 is 0.830 bits per heavy atom. The van der Waals surface area contributed by atoms with Gasteiger partial charge in [-0.1, -0.05) is 48.5 Å². The number of benzene rings is 3. The number of aromatic amines is 1. The number of hydrogen-bond donors (Lipinski definition) is 1. The Morgan fingerprint density at radius 3 is 1.96 bits per heavy atom. The fourth-order valence-corrected chi connectivity index (χ4v) is 8.33. The summed E-state index contributed by atoms with van der Waals surface area (Å²) >= 11 is 1.69. The lowest BCUT2D eigenvalue weighted by atomic mass is 10.1. The second kappa shape index (κ2) is 14.6. The molecule has 0 aliphatic carbocycles. The molecule has 1 N–H and O–H groups in total. The van der Waals surface area contributed by atoms with Crippen LogP contribution < -0.4 is 26.3 Å². The minimum atomic E-state index is -5.65. The van der Waals surface area contributed by atoms with Crippen molar-refractivity contribution in [3.05, 3.63) is 133 Å². The van der Waals surface area contributed by atoms with Crippen LogP contribution in [0.5, 0.6) is 0 Å². The molecule has 0 spiro atoms. The van der Waals surface area contributed by atoms with Crippen molar-refractivity contribution in [2.24, 2.45) is 0 Å². The van der Waals surface area contributed by atoms with E-state index >= 15 is 0 Å². The number of H-pyrrole nitrogens is 1. The lowest BCUT2D eigenvalue weighted by Gasteiger charge is -2.32. The highest BCUT2D eigenvalue weighted by atomic mass is 127. The topological polar surface area (TPSA) is 215 Å². The zero-order valence-corrected chi connectivity index (χ0v) is 27.7. The van der Waals surface area contributed by atoms with Crippen molar-refractivity contribution in [3.8, 4) is 0 Å². The third-order valence-electron chi connectivity index (χ3n) is 6.67. The predicted molar refractivity (Wildman–Crippen MR) is 168 cm³/mol. The molecule has 1 saturated heterocycles. The number of carbonyl (C=O) groups excluding carboxylic acids is 2. The van der Waals surface area contributed by atoms with Crippen LogP contribution >= 0.6 is 38.0 Å². The van der Waals surface area contributed by atoms with E-state index in [1.54, 1.807) is 59.0 Å². The summed E-state index contributed by atoms with van der Waals surface area (Å²) < 4.78 is 53.2. The number of rotatable bonds is 11. The van der Waals surface area contributed by atoms with Crippen molar-refractivity contribution in [1.82, 2.24) is 9.55 Å². The molecule has 1 aliphatic heterocycles. The summed E-state index contributed by atoms with van der Waals surface area (Å²) in [6.45, 7) is -1.02. The normalized spacial score (nSPS) is 21.7. The van der Waals surface area contributed by atoms with E-state index in [0.717, 1.165) is 22.9 Å². The number of nitrogens with zero attached hydrogens (tertiary/aromatic N) is 1. The largest absolute Gasteiger partial charge is 0.775 e. The fraction of sp³-hybridized carbons (Fsp3) is 0.172. The highest BCUT2D eigenvalue weighted by Gasteiger charge is 2.51. The molecule has 1 aliphatic rings. The maximum Gasteiger partial charge on any atom is 0.338 e. The molecule has 15 nitrogen and oxygen atoms in total. The van der Waals surface area contributed by atoms with Gasteiger partial charge in [0, 0.05) is 21.1 Å². The van der Waals surface area contributed by atoms with Crippen LogP contribution in [0.2, 0.25) is 0 Å². The summed E-state index contributed by atoms with van der Waals surface area (Å²) in [6, 6.07) is 21.7. The van der Waals surface area contributed by atoms with Crippen LogP contribution in [0.1, 0.15) is 26.9 Å². The van der Waals surface area contributed by atoms with E-state index in [1.165, 1.54) is 42.5 Å². The highest BCUT2D eigenvalue weighted by Crippen LogP contribution is 2.55. The summed E-state index contributed by atoms with van der Waals surface area (Å²) in [7, 11) is -10.9. The van der Waals surface area contributed by atoms with E-state index < -0.39 is 75.1 Å². The molecular weight excluding hydrogens is 773 g/mol. The maximum atomic E-state index is 13.2. The van der Waals surface area contributed by atoms with Crippen molar-refractivity contribution in [3.63, 3.8) is 0 Å². The van der Waals surface area contributed by atoms with E-state index in [0.29, 0.717) is 0 Å². The van der Waals surface area contributed by atoms with Crippen molar-refractivity contribution in [2.45, 2.75) is 24.5 Å². The van der Waals surface area contributed by atoms with Gasteiger partial charge in [0.05, 0.1) is 17.7 Å². The molecule has 6 atom stereocenters. The molecule has 0 amide bonds. The second-order valence-electron chi connectivity index (χ2n) is 9.83. The zero-order valence-electron chi connectivity index (χ0n) is 23.8. The number of hydrogen-bond acceptors (Lipinski definition) is 13. The first kappa shape index (κ1) is 34.6. The molecule has 0 saturated carbocycles. The van der Waals surface area contributed by atoms with E-state index in [1.807, 2.05) is 4.98 Å². The third kappa shape index (κ3) is 8.41. The van der Waals surface area contributed by atoms with E-state index in [2.05, 4.69) is 4.31 Å². The van der Waals surface area contributed by atoms with Crippen LogP contribution in [0.15, 0.2) is 107 Å². The van der Waals surface area contributed by atoms with Crippen molar-refractivity contribution in [1.29, 1.82) is 0 Å². The monoisotopic (exact) mass is 796 g/mol. The molecule has 5 rings (SSSR count). The number of aromatic nitrogens is 2. The molecule has 246 valence electrons. The molecule has 4 aromatic rings. The standard InChI is InChI=1S/C29H25IN2O13P2/c30-20-13-7-8-14-22(20)46(37,38)45-47(39,40)41-17-21-24(43-27(34)18-9-3-1-4-10-18)25(44-28(35)19-11-5-2-6-12-19)26(42-21)32-16-15-23(33)31-29(32)36/h1-16,21,24-26H,17H2,(H,37,38)(H,39,40)(H,31,33,36)/p-2/t21-,24+,25?,26-/m1/s1. The van der Waals surface area contributed by atoms with Gasteiger partial charge in [-0.25, -0.2) is 14.4 Å². The molecule has 1 aromatic heterocycles. The third-order valence-corrected chi connectivity index (χ3v) is 11.1. The van der Waals surface area contributed by atoms with E-state index in [9.17, 15) is 38.1 Å². The number of ether oxygens (including phenoxy) is 3. The van der Waals surface area contributed by atoms with Crippen LogP contribution in [0.4, 0.5) is 0 Å². The highest BCUT2D eigenvalue weighted by molar-refractivity contribution is 14.1. The molecular formula is C29H23IN2O13P2-2. The van der Waals surface area contributed by atoms with Crippen molar-refractivity contribution in [2.75, 3.05) is 6.61 Å². The molecule has 0 bridgehead atoms. The first-order valence-electron chi connectivity index (χ1n) is 13.6. The molecule has 2 heterocycles. The molecule has 3 unspecified atom stereocenters. The Hall–Kier alpha value is -3.73.